The van der Waals surface area contributed by atoms with Gasteiger partial charge in [-0.25, -0.2) is 0 Å². The molecular formula is C20H22O8. The van der Waals surface area contributed by atoms with Crippen LogP contribution < -0.4 is 14.9 Å². The van der Waals surface area contributed by atoms with Gasteiger partial charge in [0.1, 0.15) is 28.2 Å². The first-order valence-electron chi connectivity index (χ1n) is 8.74. The zero-order chi connectivity index (χ0) is 20.8. The van der Waals surface area contributed by atoms with Crippen LogP contribution in [-0.4, -0.2) is 30.8 Å². The Morgan fingerprint density at radius 1 is 1.11 bits per heavy atom. The first-order valence-corrected chi connectivity index (χ1v) is 8.74. The van der Waals surface area contributed by atoms with E-state index in [0.717, 1.165) is 0 Å². The van der Waals surface area contributed by atoms with Gasteiger partial charge in [-0.05, 0) is 20.8 Å². The SMILES string of the molecule is COc1cc2c(c3oc(C)cc(=O)c13)[C@H](OC(C)=O)[C@H](OC(C)=O)C(C)(C)O2. The number of aryl methyl sites for hydroxylation is 1. The molecule has 0 aliphatic carbocycles. The maximum absolute atomic E-state index is 12.6. The average Bonchev–Trinajstić information content (AvgIpc) is 2.55. The van der Waals surface area contributed by atoms with Crippen molar-refractivity contribution in [3.8, 4) is 11.5 Å². The third kappa shape index (κ3) is 3.30. The van der Waals surface area contributed by atoms with E-state index in [1.165, 1.54) is 27.0 Å². The predicted molar refractivity (Wildman–Crippen MR) is 98.5 cm³/mol. The Balaban J connectivity index is 2.40. The molecule has 1 aromatic carbocycles. The molecule has 0 amide bonds. The minimum atomic E-state index is -1.03. The van der Waals surface area contributed by atoms with Gasteiger partial charge in [0.2, 0.25) is 0 Å². The molecule has 2 atom stereocenters. The van der Waals surface area contributed by atoms with Crippen LogP contribution in [0.15, 0.2) is 21.3 Å². The Morgan fingerprint density at radius 3 is 2.32 bits per heavy atom. The molecule has 1 aliphatic rings. The molecule has 0 radical (unpaired) electrons. The van der Waals surface area contributed by atoms with Gasteiger partial charge in [0, 0.05) is 26.0 Å². The Kier molecular flexibility index (Phi) is 4.82. The molecule has 1 aromatic heterocycles. The summed E-state index contributed by atoms with van der Waals surface area (Å²) in [5.74, 6) is -0.186. The molecule has 0 unspecified atom stereocenters. The molecule has 1 aliphatic heterocycles. The van der Waals surface area contributed by atoms with Crippen LogP contribution >= 0.6 is 0 Å². The number of rotatable bonds is 3. The van der Waals surface area contributed by atoms with E-state index in [2.05, 4.69) is 0 Å². The van der Waals surface area contributed by atoms with E-state index in [4.69, 9.17) is 23.4 Å². The van der Waals surface area contributed by atoms with E-state index in [-0.39, 0.29) is 22.1 Å². The van der Waals surface area contributed by atoms with Crippen molar-refractivity contribution in [3.05, 3.63) is 33.7 Å². The van der Waals surface area contributed by atoms with Crippen LogP contribution in [0.5, 0.6) is 11.5 Å². The highest BCUT2D eigenvalue weighted by Crippen LogP contribution is 2.48. The van der Waals surface area contributed by atoms with Crippen LogP contribution in [0.1, 0.15) is 45.1 Å². The lowest BCUT2D eigenvalue weighted by molar-refractivity contribution is -0.187. The molecule has 0 bridgehead atoms. The van der Waals surface area contributed by atoms with Crippen molar-refractivity contribution in [2.75, 3.05) is 7.11 Å². The van der Waals surface area contributed by atoms with Crippen LogP contribution in [0.4, 0.5) is 0 Å². The molecule has 8 heteroatoms. The highest BCUT2D eigenvalue weighted by molar-refractivity contribution is 5.89. The summed E-state index contributed by atoms with van der Waals surface area (Å²) in [6, 6.07) is 2.89. The van der Waals surface area contributed by atoms with Crippen molar-refractivity contribution in [2.24, 2.45) is 0 Å². The quantitative estimate of drug-likeness (QED) is 0.738. The van der Waals surface area contributed by atoms with Gasteiger partial charge in [0.25, 0.3) is 0 Å². The first-order chi connectivity index (χ1) is 13.0. The number of methoxy groups -OCH3 is 1. The summed E-state index contributed by atoms with van der Waals surface area (Å²) in [6.45, 7) is 7.56. The van der Waals surface area contributed by atoms with E-state index in [9.17, 15) is 14.4 Å². The zero-order valence-electron chi connectivity index (χ0n) is 16.6. The molecule has 8 nitrogen and oxygen atoms in total. The molecule has 0 saturated heterocycles. The summed E-state index contributed by atoms with van der Waals surface area (Å²) in [6.07, 6.45) is -1.98. The van der Waals surface area contributed by atoms with Gasteiger partial charge in [-0.1, -0.05) is 0 Å². The van der Waals surface area contributed by atoms with Crippen LogP contribution in [0.25, 0.3) is 11.0 Å². The van der Waals surface area contributed by atoms with Gasteiger partial charge < -0.3 is 23.4 Å². The monoisotopic (exact) mass is 390 g/mol. The molecule has 0 spiro atoms. The third-order valence-electron chi connectivity index (χ3n) is 4.51. The van der Waals surface area contributed by atoms with Crippen molar-refractivity contribution < 1.29 is 33.0 Å². The zero-order valence-corrected chi connectivity index (χ0v) is 16.6. The molecule has 0 saturated carbocycles. The smallest absolute Gasteiger partial charge is 0.303 e. The van der Waals surface area contributed by atoms with E-state index < -0.39 is 29.7 Å². The van der Waals surface area contributed by atoms with Gasteiger partial charge in [-0.3, -0.25) is 14.4 Å². The highest BCUT2D eigenvalue weighted by Gasteiger charge is 2.50. The molecule has 28 heavy (non-hydrogen) atoms. The molecule has 3 rings (SSSR count). The second-order valence-corrected chi connectivity index (χ2v) is 7.18. The fourth-order valence-corrected chi connectivity index (χ4v) is 3.47. The van der Waals surface area contributed by atoms with Gasteiger partial charge in [0.15, 0.2) is 23.2 Å². The fourth-order valence-electron chi connectivity index (χ4n) is 3.47. The number of hydrogen-bond donors (Lipinski definition) is 0. The molecule has 0 fully saturated rings. The lowest BCUT2D eigenvalue weighted by Gasteiger charge is -2.43. The van der Waals surface area contributed by atoms with Crippen LogP contribution in [0.2, 0.25) is 0 Å². The van der Waals surface area contributed by atoms with Crippen LogP contribution in [0.3, 0.4) is 0 Å². The van der Waals surface area contributed by atoms with Crippen molar-refractivity contribution in [3.63, 3.8) is 0 Å². The van der Waals surface area contributed by atoms with Crippen LogP contribution in [0, 0.1) is 6.92 Å². The molecule has 2 aromatic rings. The topological polar surface area (TPSA) is 101 Å². The summed E-state index contributed by atoms with van der Waals surface area (Å²) in [5, 5.41) is 0.189. The summed E-state index contributed by atoms with van der Waals surface area (Å²) in [4.78, 5) is 36.1. The van der Waals surface area contributed by atoms with Crippen molar-refractivity contribution >= 4 is 22.9 Å². The number of esters is 2. The van der Waals surface area contributed by atoms with Gasteiger partial charge in [-0.15, -0.1) is 0 Å². The second kappa shape index (κ2) is 6.85. The van der Waals surface area contributed by atoms with Crippen molar-refractivity contribution in [1.82, 2.24) is 0 Å². The number of carbonyl (C=O) groups excluding carboxylic acids is 2. The molecule has 2 heterocycles. The fraction of sp³-hybridized carbons (Fsp3) is 0.450. The second-order valence-electron chi connectivity index (χ2n) is 7.18. The predicted octanol–water partition coefficient (Wildman–Crippen LogP) is 2.82. The number of carbonyl (C=O) groups is 2. The Labute approximate surface area is 161 Å². The first kappa shape index (κ1) is 19.7. The van der Waals surface area contributed by atoms with Crippen LogP contribution in [-0.2, 0) is 19.1 Å². The highest BCUT2D eigenvalue weighted by atomic mass is 16.6. The van der Waals surface area contributed by atoms with E-state index >= 15 is 0 Å². The summed E-state index contributed by atoms with van der Waals surface area (Å²) in [7, 11) is 1.43. The van der Waals surface area contributed by atoms with Gasteiger partial charge >= 0.3 is 11.9 Å². The standard InChI is InChI=1S/C20H22O8/c1-9-7-12(23)15-13(24-6)8-14-16(17(15)25-9)18(26-10(2)21)19(27-11(3)22)20(4,5)28-14/h7-8,18-19H,1-6H3/t18-,19-/m0/s1. The molecular weight excluding hydrogens is 368 g/mol. The molecule has 150 valence electrons. The number of fused-ring (bicyclic) bond motifs is 3. The average molecular weight is 390 g/mol. The van der Waals surface area contributed by atoms with Crippen molar-refractivity contribution in [2.45, 2.75) is 52.4 Å². The minimum absolute atomic E-state index is 0.165. The van der Waals surface area contributed by atoms with E-state index in [1.54, 1.807) is 26.8 Å². The summed E-state index contributed by atoms with van der Waals surface area (Å²) in [5.41, 5.74) is -0.855. The Hall–Kier alpha value is -3.03. The lowest BCUT2D eigenvalue weighted by atomic mass is 9.87. The molecule has 0 N–H and O–H groups in total. The largest absolute Gasteiger partial charge is 0.496 e. The lowest BCUT2D eigenvalue weighted by Crippen LogP contribution is -2.52. The minimum Gasteiger partial charge on any atom is -0.496 e. The number of ether oxygens (including phenoxy) is 4. The van der Waals surface area contributed by atoms with E-state index in [0.29, 0.717) is 17.1 Å². The maximum atomic E-state index is 12.6. The van der Waals surface area contributed by atoms with Gasteiger partial charge in [-0.2, -0.15) is 0 Å². The maximum Gasteiger partial charge on any atom is 0.303 e. The van der Waals surface area contributed by atoms with E-state index in [1.807, 2.05) is 0 Å². The van der Waals surface area contributed by atoms with Crippen molar-refractivity contribution in [1.29, 1.82) is 0 Å². The number of hydrogen-bond acceptors (Lipinski definition) is 8. The summed E-state index contributed by atoms with van der Waals surface area (Å²) < 4.78 is 28.2. The number of benzene rings is 1. The normalized spacial score (nSPS) is 20.1. The summed E-state index contributed by atoms with van der Waals surface area (Å²) >= 11 is 0. The Bertz CT molecular complexity index is 1020. The van der Waals surface area contributed by atoms with Gasteiger partial charge in [0.05, 0.1) is 12.7 Å². The third-order valence-corrected chi connectivity index (χ3v) is 4.51. The Morgan fingerprint density at radius 2 is 1.75 bits per heavy atom.